The van der Waals surface area contributed by atoms with Crippen LogP contribution in [-0.2, 0) is 14.8 Å². The smallest absolute Gasteiger partial charge is 0.264 e. The minimum absolute atomic E-state index is 0.0438. The van der Waals surface area contributed by atoms with Crippen molar-refractivity contribution in [3.63, 3.8) is 0 Å². The number of hydrogen-bond acceptors (Lipinski definition) is 4. The summed E-state index contributed by atoms with van der Waals surface area (Å²) in [5.74, 6) is 0.118. The average Bonchev–Trinajstić information content (AvgIpc) is 2.82. The van der Waals surface area contributed by atoms with E-state index < -0.39 is 22.5 Å². The number of halogens is 1. The second-order valence-electron chi connectivity index (χ2n) is 8.04. The van der Waals surface area contributed by atoms with Crippen molar-refractivity contribution < 1.29 is 17.9 Å². The molecular formula is C26H29ClN2O4S. The zero-order chi connectivity index (χ0) is 24.9. The third-order valence-electron chi connectivity index (χ3n) is 5.71. The Bertz CT molecular complexity index is 1260. The summed E-state index contributed by atoms with van der Waals surface area (Å²) in [6.45, 7) is 5.64. The van der Waals surface area contributed by atoms with E-state index in [1.165, 1.54) is 30.9 Å². The van der Waals surface area contributed by atoms with Crippen LogP contribution in [0.3, 0.4) is 0 Å². The average molecular weight is 501 g/mol. The standard InChI is InChI=1S/C26H29ClN2O4S/c1-5-25(20-10-9-18(2)19(3)15-20)28-26(30)17-29(22-8-6-7-21(27)16-22)34(31,32)24-13-11-23(33-4)12-14-24/h6-16,25H,5,17H2,1-4H3,(H,28,30). The molecule has 0 spiro atoms. The molecule has 0 saturated carbocycles. The number of ether oxygens (including phenoxy) is 1. The van der Waals surface area contributed by atoms with E-state index in [0.717, 1.165) is 15.4 Å². The highest BCUT2D eigenvalue weighted by Crippen LogP contribution is 2.27. The van der Waals surface area contributed by atoms with Gasteiger partial charge in [-0.05, 0) is 79.4 Å². The van der Waals surface area contributed by atoms with Gasteiger partial charge in [0.2, 0.25) is 5.91 Å². The van der Waals surface area contributed by atoms with Crippen LogP contribution in [0.2, 0.25) is 5.02 Å². The molecule has 1 amide bonds. The van der Waals surface area contributed by atoms with Crippen molar-refractivity contribution in [3.8, 4) is 5.75 Å². The fourth-order valence-corrected chi connectivity index (χ4v) is 5.19. The fraction of sp³-hybridized carbons (Fsp3) is 0.269. The van der Waals surface area contributed by atoms with Crippen molar-refractivity contribution in [2.75, 3.05) is 18.0 Å². The number of rotatable bonds is 9. The van der Waals surface area contributed by atoms with E-state index >= 15 is 0 Å². The van der Waals surface area contributed by atoms with Crippen LogP contribution >= 0.6 is 11.6 Å². The zero-order valence-corrected chi connectivity index (χ0v) is 21.3. The second-order valence-corrected chi connectivity index (χ2v) is 10.3. The molecule has 3 aromatic rings. The topological polar surface area (TPSA) is 75.7 Å². The quantitative estimate of drug-likeness (QED) is 0.425. The van der Waals surface area contributed by atoms with Crippen LogP contribution in [0.15, 0.2) is 71.6 Å². The first kappa shape index (κ1) is 25.6. The third-order valence-corrected chi connectivity index (χ3v) is 7.73. The number of methoxy groups -OCH3 is 1. The predicted octanol–water partition coefficient (Wildman–Crippen LogP) is 5.43. The number of anilines is 1. The Hall–Kier alpha value is -3.03. The predicted molar refractivity (Wildman–Crippen MR) is 136 cm³/mol. The molecule has 0 aromatic heterocycles. The van der Waals surface area contributed by atoms with Gasteiger partial charge in [-0.3, -0.25) is 9.10 Å². The highest BCUT2D eigenvalue weighted by atomic mass is 35.5. The van der Waals surface area contributed by atoms with Gasteiger partial charge in [-0.15, -0.1) is 0 Å². The Morgan fingerprint density at radius 2 is 1.74 bits per heavy atom. The summed E-state index contributed by atoms with van der Waals surface area (Å²) in [6, 6.07) is 18.3. The minimum atomic E-state index is -4.05. The zero-order valence-electron chi connectivity index (χ0n) is 19.7. The summed E-state index contributed by atoms with van der Waals surface area (Å²) in [5.41, 5.74) is 3.58. The van der Waals surface area contributed by atoms with Crippen molar-refractivity contribution in [3.05, 3.63) is 88.4 Å². The molecule has 1 N–H and O–H groups in total. The van der Waals surface area contributed by atoms with Gasteiger partial charge in [-0.1, -0.05) is 42.8 Å². The van der Waals surface area contributed by atoms with Crippen LogP contribution < -0.4 is 14.4 Å². The highest BCUT2D eigenvalue weighted by Gasteiger charge is 2.28. The number of aryl methyl sites for hydroxylation is 2. The lowest BCUT2D eigenvalue weighted by molar-refractivity contribution is -0.120. The molecule has 0 saturated heterocycles. The van der Waals surface area contributed by atoms with E-state index in [9.17, 15) is 13.2 Å². The maximum Gasteiger partial charge on any atom is 0.264 e. The summed E-state index contributed by atoms with van der Waals surface area (Å²) in [6.07, 6.45) is 0.663. The first-order valence-electron chi connectivity index (χ1n) is 10.9. The molecule has 0 fully saturated rings. The highest BCUT2D eigenvalue weighted by molar-refractivity contribution is 7.92. The van der Waals surface area contributed by atoms with Crippen LogP contribution in [0, 0.1) is 13.8 Å². The van der Waals surface area contributed by atoms with Gasteiger partial charge in [-0.25, -0.2) is 8.42 Å². The molecule has 0 aliphatic carbocycles. The molecule has 0 bridgehead atoms. The SMILES string of the molecule is CCC(NC(=O)CN(c1cccc(Cl)c1)S(=O)(=O)c1ccc(OC)cc1)c1ccc(C)c(C)c1. The molecule has 3 aromatic carbocycles. The molecule has 0 aliphatic rings. The van der Waals surface area contributed by atoms with Crippen LogP contribution in [0.4, 0.5) is 5.69 Å². The molecule has 0 heterocycles. The van der Waals surface area contributed by atoms with E-state index in [1.807, 2.05) is 39.0 Å². The summed E-state index contributed by atoms with van der Waals surface area (Å²) < 4.78 is 33.3. The van der Waals surface area contributed by atoms with Gasteiger partial charge < -0.3 is 10.1 Å². The number of hydrogen-bond donors (Lipinski definition) is 1. The van der Waals surface area contributed by atoms with E-state index in [2.05, 4.69) is 5.32 Å². The van der Waals surface area contributed by atoms with E-state index in [0.29, 0.717) is 22.9 Å². The first-order chi connectivity index (χ1) is 16.1. The van der Waals surface area contributed by atoms with E-state index in [-0.39, 0.29) is 10.9 Å². The van der Waals surface area contributed by atoms with Crippen molar-refractivity contribution in [2.45, 2.75) is 38.1 Å². The van der Waals surface area contributed by atoms with Crippen LogP contribution in [0.1, 0.15) is 36.1 Å². The Morgan fingerprint density at radius 3 is 2.32 bits per heavy atom. The monoisotopic (exact) mass is 500 g/mol. The van der Waals surface area contributed by atoms with E-state index in [4.69, 9.17) is 16.3 Å². The van der Waals surface area contributed by atoms with Crippen molar-refractivity contribution >= 4 is 33.2 Å². The largest absolute Gasteiger partial charge is 0.497 e. The number of sulfonamides is 1. The van der Waals surface area contributed by atoms with Gasteiger partial charge >= 0.3 is 0 Å². The molecule has 0 aliphatic heterocycles. The Labute approximate surface area is 206 Å². The maximum atomic E-state index is 13.5. The number of nitrogens with zero attached hydrogens (tertiary/aromatic N) is 1. The van der Waals surface area contributed by atoms with E-state index in [1.54, 1.807) is 30.3 Å². The molecule has 8 heteroatoms. The molecule has 3 rings (SSSR count). The minimum Gasteiger partial charge on any atom is -0.497 e. The number of benzene rings is 3. The third kappa shape index (κ3) is 5.90. The fourth-order valence-electron chi connectivity index (χ4n) is 3.59. The number of nitrogens with one attached hydrogen (secondary N) is 1. The summed E-state index contributed by atoms with van der Waals surface area (Å²) >= 11 is 6.14. The summed E-state index contributed by atoms with van der Waals surface area (Å²) in [7, 11) is -2.55. The van der Waals surface area contributed by atoms with Gasteiger partial charge in [0.25, 0.3) is 10.0 Å². The molecular weight excluding hydrogens is 472 g/mol. The lowest BCUT2D eigenvalue weighted by Crippen LogP contribution is -2.42. The van der Waals surface area contributed by atoms with Crippen LogP contribution in [-0.4, -0.2) is 28.0 Å². The van der Waals surface area contributed by atoms with Gasteiger partial charge in [0.1, 0.15) is 12.3 Å². The van der Waals surface area contributed by atoms with Gasteiger partial charge in [0.05, 0.1) is 23.7 Å². The number of carbonyl (C=O) groups excluding carboxylic acids is 1. The summed E-state index contributed by atoms with van der Waals surface area (Å²) in [4.78, 5) is 13.2. The van der Waals surface area contributed by atoms with Crippen molar-refractivity contribution in [1.29, 1.82) is 0 Å². The van der Waals surface area contributed by atoms with Crippen LogP contribution in [0.25, 0.3) is 0 Å². The Kier molecular flexibility index (Phi) is 8.23. The molecule has 34 heavy (non-hydrogen) atoms. The van der Waals surface area contributed by atoms with Crippen molar-refractivity contribution in [1.82, 2.24) is 5.32 Å². The molecule has 1 unspecified atom stereocenters. The van der Waals surface area contributed by atoms with Crippen molar-refractivity contribution in [2.24, 2.45) is 0 Å². The molecule has 0 radical (unpaired) electrons. The second kappa shape index (κ2) is 10.9. The van der Waals surface area contributed by atoms with Gasteiger partial charge in [-0.2, -0.15) is 0 Å². The Balaban J connectivity index is 1.91. The first-order valence-corrected chi connectivity index (χ1v) is 12.8. The lowest BCUT2D eigenvalue weighted by Gasteiger charge is -2.26. The molecule has 6 nitrogen and oxygen atoms in total. The Morgan fingerprint density at radius 1 is 1.03 bits per heavy atom. The lowest BCUT2D eigenvalue weighted by atomic mass is 9.99. The normalized spacial score (nSPS) is 12.1. The van der Waals surface area contributed by atoms with Gasteiger partial charge in [0.15, 0.2) is 0 Å². The van der Waals surface area contributed by atoms with Gasteiger partial charge in [0, 0.05) is 5.02 Å². The van der Waals surface area contributed by atoms with Crippen LogP contribution in [0.5, 0.6) is 5.75 Å². The maximum absolute atomic E-state index is 13.5. The summed E-state index contributed by atoms with van der Waals surface area (Å²) in [5, 5.41) is 3.36. The number of amides is 1. The molecule has 180 valence electrons. The molecule has 1 atom stereocenters. The number of carbonyl (C=O) groups is 1.